The average molecular weight is 270 g/mol. The second kappa shape index (κ2) is 4.14. The number of primary amides is 1. The maximum Gasteiger partial charge on any atom is 0.258 e. The van der Waals surface area contributed by atoms with Gasteiger partial charge < -0.3 is 5.73 Å². The molecule has 2 aromatic rings. The van der Waals surface area contributed by atoms with E-state index in [9.17, 15) is 10.1 Å². The van der Waals surface area contributed by atoms with Crippen LogP contribution in [0.2, 0.25) is 0 Å². The number of rotatable bonds is 1. The van der Waals surface area contributed by atoms with Crippen molar-refractivity contribution in [1.29, 1.82) is 5.26 Å². The van der Waals surface area contributed by atoms with Crippen molar-refractivity contribution in [3.8, 4) is 6.07 Å². The molecule has 1 amide bonds. The van der Waals surface area contributed by atoms with E-state index in [2.05, 4.69) is 11.1 Å². The van der Waals surface area contributed by atoms with Gasteiger partial charge in [0.15, 0.2) is 0 Å². The zero-order valence-electron chi connectivity index (χ0n) is 10.2. The molecule has 1 aliphatic rings. The molecule has 5 nitrogen and oxygen atoms in total. The third kappa shape index (κ3) is 1.71. The van der Waals surface area contributed by atoms with Gasteiger partial charge in [0, 0.05) is 0 Å². The number of amides is 1. The van der Waals surface area contributed by atoms with Crippen LogP contribution in [0.15, 0.2) is 23.1 Å². The number of allylic oxidation sites excluding steroid dienone is 1. The van der Waals surface area contributed by atoms with Crippen LogP contribution in [0.3, 0.4) is 0 Å². The Morgan fingerprint density at radius 2 is 2.37 bits per heavy atom. The SMILES string of the molecule is Cc1ccc2c(c1)nc1n2C(C#N)=C(C(N)=O)SC1. The van der Waals surface area contributed by atoms with E-state index in [0.29, 0.717) is 10.7 Å². The van der Waals surface area contributed by atoms with E-state index >= 15 is 0 Å². The van der Waals surface area contributed by atoms with Crippen molar-refractivity contribution in [1.82, 2.24) is 9.55 Å². The summed E-state index contributed by atoms with van der Waals surface area (Å²) in [5.41, 5.74) is 8.36. The molecular weight excluding hydrogens is 260 g/mol. The van der Waals surface area contributed by atoms with Crippen LogP contribution in [-0.2, 0) is 10.5 Å². The van der Waals surface area contributed by atoms with Gasteiger partial charge in [-0.15, -0.1) is 11.8 Å². The standard InChI is InChI=1S/C13H10N4OS/c1-7-2-3-9-8(4-7)16-11-6-19-12(13(15)18)10(5-14)17(9)11/h2-4H,6H2,1H3,(H2,15,18). The lowest BCUT2D eigenvalue weighted by Gasteiger charge is -2.16. The molecule has 1 aromatic heterocycles. The molecular formula is C13H10N4OS. The number of hydrogen-bond donors (Lipinski definition) is 1. The summed E-state index contributed by atoms with van der Waals surface area (Å²) in [5.74, 6) is 0.741. The Bertz CT molecular complexity index is 782. The molecule has 1 aromatic carbocycles. The van der Waals surface area contributed by atoms with Crippen molar-refractivity contribution in [2.45, 2.75) is 12.7 Å². The third-order valence-corrected chi connectivity index (χ3v) is 4.08. The van der Waals surface area contributed by atoms with Gasteiger partial charge >= 0.3 is 0 Å². The molecule has 0 aliphatic carbocycles. The topological polar surface area (TPSA) is 84.7 Å². The van der Waals surface area contributed by atoms with Gasteiger partial charge in [-0.25, -0.2) is 4.98 Å². The number of benzene rings is 1. The summed E-state index contributed by atoms with van der Waals surface area (Å²) in [7, 11) is 0. The summed E-state index contributed by atoms with van der Waals surface area (Å²) in [6.45, 7) is 1.99. The van der Waals surface area contributed by atoms with E-state index in [4.69, 9.17) is 5.73 Å². The van der Waals surface area contributed by atoms with Crippen LogP contribution < -0.4 is 5.73 Å². The summed E-state index contributed by atoms with van der Waals surface area (Å²) in [4.78, 5) is 16.2. The van der Waals surface area contributed by atoms with Crippen LogP contribution in [0.4, 0.5) is 0 Å². The molecule has 1 aliphatic heterocycles. The molecule has 3 rings (SSSR count). The minimum absolute atomic E-state index is 0.269. The highest BCUT2D eigenvalue weighted by atomic mass is 32.2. The van der Waals surface area contributed by atoms with Crippen molar-refractivity contribution in [3.05, 3.63) is 34.5 Å². The number of carbonyl (C=O) groups excluding carboxylic acids is 1. The van der Waals surface area contributed by atoms with Crippen molar-refractivity contribution in [3.63, 3.8) is 0 Å². The molecule has 0 fully saturated rings. The summed E-state index contributed by atoms with van der Waals surface area (Å²) in [5, 5.41) is 9.31. The van der Waals surface area contributed by atoms with Gasteiger partial charge in [-0.1, -0.05) is 6.07 Å². The van der Waals surface area contributed by atoms with Crippen molar-refractivity contribution in [2.24, 2.45) is 5.73 Å². The first kappa shape index (κ1) is 11.8. The van der Waals surface area contributed by atoms with Gasteiger partial charge in [0.2, 0.25) is 0 Å². The third-order valence-electron chi connectivity index (χ3n) is 2.99. The first-order chi connectivity index (χ1) is 9.11. The fourth-order valence-electron chi connectivity index (χ4n) is 2.18. The lowest BCUT2D eigenvalue weighted by Crippen LogP contribution is -2.19. The van der Waals surface area contributed by atoms with Crippen LogP contribution in [0.1, 0.15) is 11.4 Å². The predicted molar refractivity (Wildman–Crippen MR) is 73.8 cm³/mol. The summed E-state index contributed by atoms with van der Waals surface area (Å²) in [6, 6.07) is 7.89. The molecule has 0 unspecified atom stereocenters. The lowest BCUT2D eigenvalue weighted by atomic mass is 10.2. The molecule has 0 atom stereocenters. The van der Waals surface area contributed by atoms with E-state index in [1.54, 1.807) is 4.57 Å². The first-order valence-electron chi connectivity index (χ1n) is 5.67. The minimum Gasteiger partial charge on any atom is -0.365 e. The van der Waals surface area contributed by atoms with Gasteiger partial charge in [0.05, 0.1) is 16.8 Å². The van der Waals surface area contributed by atoms with Gasteiger partial charge in [0.1, 0.15) is 22.5 Å². The van der Waals surface area contributed by atoms with Crippen molar-refractivity contribution in [2.75, 3.05) is 0 Å². The highest BCUT2D eigenvalue weighted by Gasteiger charge is 2.25. The summed E-state index contributed by atoms with van der Waals surface area (Å²) in [6.07, 6.45) is 0. The number of aryl methyl sites for hydroxylation is 1. The second-order valence-electron chi connectivity index (χ2n) is 4.30. The van der Waals surface area contributed by atoms with Gasteiger partial charge in [-0.2, -0.15) is 5.26 Å². The monoisotopic (exact) mass is 270 g/mol. The summed E-state index contributed by atoms with van der Waals surface area (Å²) >= 11 is 1.27. The van der Waals surface area contributed by atoms with E-state index in [1.165, 1.54) is 11.8 Å². The molecule has 0 radical (unpaired) electrons. The lowest BCUT2D eigenvalue weighted by molar-refractivity contribution is -0.113. The second-order valence-corrected chi connectivity index (χ2v) is 5.28. The van der Waals surface area contributed by atoms with Crippen LogP contribution in [0.25, 0.3) is 16.7 Å². The minimum atomic E-state index is -0.568. The Morgan fingerprint density at radius 3 is 3.05 bits per heavy atom. The number of aromatic nitrogens is 2. The number of nitrogens with zero attached hydrogens (tertiary/aromatic N) is 3. The quantitative estimate of drug-likeness (QED) is 0.855. The Labute approximate surface area is 113 Å². The normalized spacial score (nSPS) is 14.3. The predicted octanol–water partition coefficient (Wildman–Crippen LogP) is 1.77. The smallest absolute Gasteiger partial charge is 0.258 e. The van der Waals surface area contributed by atoms with Gasteiger partial charge in [0.25, 0.3) is 5.91 Å². The molecule has 94 valence electrons. The fourth-order valence-corrected chi connectivity index (χ4v) is 3.06. The van der Waals surface area contributed by atoms with Crippen molar-refractivity contribution < 1.29 is 4.79 Å². The van der Waals surface area contributed by atoms with E-state index in [1.807, 2.05) is 25.1 Å². The number of thioether (sulfide) groups is 1. The number of carbonyl (C=O) groups is 1. The number of fused-ring (bicyclic) bond motifs is 3. The Morgan fingerprint density at radius 1 is 1.58 bits per heavy atom. The van der Waals surface area contributed by atoms with Crippen LogP contribution in [0, 0.1) is 18.3 Å². The Hall–Kier alpha value is -2.26. The molecule has 6 heteroatoms. The average Bonchev–Trinajstić information content (AvgIpc) is 2.74. The highest BCUT2D eigenvalue weighted by molar-refractivity contribution is 8.03. The van der Waals surface area contributed by atoms with E-state index in [0.717, 1.165) is 22.4 Å². The molecule has 2 heterocycles. The van der Waals surface area contributed by atoms with Gasteiger partial charge in [-0.05, 0) is 24.6 Å². The number of nitrogens with two attached hydrogens (primary N) is 1. The summed E-state index contributed by atoms with van der Waals surface area (Å²) < 4.78 is 1.73. The molecule has 2 N–H and O–H groups in total. The number of imidazole rings is 1. The van der Waals surface area contributed by atoms with Crippen LogP contribution >= 0.6 is 11.8 Å². The Kier molecular flexibility index (Phi) is 2.57. The largest absolute Gasteiger partial charge is 0.365 e. The number of hydrogen-bond acceptors (Lipinski definition) is 4. The zero-order chi connectivity index (χ0) is 13.6. The zero-order valence-corrected chi connectivity index (χ0v) is 11.0. The number of nitriles is 1. The first-order valence-corrected chi connectivity index (χ1v) is 6.65. The maximum absolute atomic E-state index is 11.4. The molecule has 0 bridgehead atoms. The maximum atomic E-state index is 11.4. The van der Waals surface area contributed by atoms with Crippen LogP contribution in [0.5, 0.6) is 0 Å². The van der Waals surface area contributed by atoms with E-state index < -0.39 is 5.91 Å². The molecule has 0 saturated heterocycles. The van der Waals surface area contributed by atoms with Gasteiger partial charge in [-0.3, -0.25) is 9.36 Å². The molecule has 19 heavy (non-hydrogen) atoms. The Balaban J connectivity index is 2.37. The van der Waals surface area contributed by atoms with E-state index in [-0.39, 0.29) is 5.70 Å². The highest BCUT2D eigenvalue weighted by Crippen LogP contribution is 2.35. The molecule has 0 saturated carbocycles. The molecule has 0 spiro atoms. The van der Waals surface area contributed by atoms with Crippen molar-refractivity contribution >= 4 is 34.4 Å². The fraction of sp³-hybridized carbons (Fsp3) is 0.154. The van der Waals surface area contributed by atoms with Crippen LogP contribution in [-0.4, -0.2) is 15.5 Å².